The first-order valence-corrected chi connectivity index (χ1v) is 6.47. The zero-order chi connectivity index (χ0) is 11.9. The van der Waals surface area contributed by atoms with Gasteiger partial charge in [-0.3, -0.25) is 0 Å². The molecule has 4 heteroatoms. The molecule has 2 heterocycles. The number of benzene rings is 2. The second-order valence-corrected chi connectivity index (χ2v) is 5.09. The van der Waals surface area contributed by atoms with Crippen LogP contribution in [0.2, 0.25) is 0 Å². The van der Waals surface area contributed by atoms with Crippen molar-refractivity contribution in [2.45, 2.75) is 0 Å². The van der Waals surface area contributed by atoms with Gasteiger partial charge < -0.3 is 0 Å². The van der Waals surface area contributed by atoms with Crippen molar-refractivity contribution in [2.24, 2.45) is 0 Å². The molecule has 0 spiro atoms. The molecule has 0 amide bonds. The third-order valence-electron chi connectivity index (χ3n) is 2.97. The quantitative estimate of drug-likeness (QED) is 0.517. The Bertz CT molecular complexity index is 816. The van der Waals surface area contributed by atoms with Crippen molar-refractivity contribution in [3.63, 3.8) is 0 Å². The molecule has 0 radical (unpaired) electrons. The van der Waals surface area contributed by atoms with Gasteiger partial charge in [0.2, 0.25) is 5.78 Å². The topological polar surface area (TPSA) is 30.2 Å². The SMILES string of the molecule is c1ccc2cc(-c3nc4nccn4s3)ccc2c1. The predicted molar refractivity (Wildman–Crippen MR) is 73.8 cm³/mol. The molecule has 2 aromatic heterocycles. The Morgan fingerprint density at radius 1 is 1.00 bits per heavy atom. The van der Waals surface area contributed by atoms with E-state index in [2.05, 4.69) is 52.4 Å². The lowest BCUT2D eigenvalue weighted by atomic mass is 10.1. The van der Waals surface area contributed by atoms with Crippen molar-refractivity contribution in [1.82, 2.24) is 13.8 Å². The lowest BCUT2D eigenvalue weighted by Gasteiger charge is -1.99. The van der Waals surface area contributed by atoms with Gasteiger partial charge in [-0.25, -0.2) is 8.77 Å². The average Bonchev–Trinajstić information content (AvgIpc) is 2.99. The molecule has 0 atom stereocenters. The van der Waals surface area contributed by atoms with Gasteiger partial charge in [0, 0.05) is 18.0 Å². The summed E-state index contributed by atoms with van der Waals surface area (Å²) in [5.41, 5.74) is 1.14. The third-order valence-corrected chi connectivity index (χ3v) is 3.95. The Morgan fingerprint density at radius 3 is 2.78 bits per heavy atom. The average molecular weight is 251 g/mol. The minimum Gasteiger partial charge on any atom is -0.237 e. The van der Waals surface area contributed by atoms with E-state index in [0.717, 1.165) is 16.3 Å². The molecule has 0 saturated heterocycles. The number of nitrogens with zero attached hydrogens (tertiary/aromatic N) is 3. The van der Waals surface area contributed by atoms with Gasteiger partial charge in [0.15, 0.2) is 0 Å². The molecule has 0 bridgehead atoms. The summed E-state index contributed by atoms with van der Waals surface area (Å²) in [6.45, 7) is 0. The van der Waals surface area contributed by atoms with Crippen LogP contribution in [-0.2, 0) is 0 Å². The van der Waals surface area contributed by atoms with Crippen LogP contribution in [0.1, 0.15) is 0 Å². The molecule has 0 N–H and O–H groups in total. The highest BCUT2D eigenvalue weighted by molar-refractivity contribution is 7.10. The van der Waals surface area contributed by atoms with Gasteiger partial charge in [-0.1, -0.05) is 36.4 Å². The third kappa shape index (κ3) is 1.43. The summed E-state index contributed by atoms with van der Waals surface area (Å²) in [4.78, 5) is 8.71. The van der Waals surface area contributed by atoms with E-state index in [9.17, 15) is 0 Å². The van der Waals surface area contributed by atoms with Crippen molar-refractivity contribution in [3.8, 4) is 10.6 Å². The van der Waals surface area contributed by atoms with E-state index in [4.69, 9.17) is 0 Å². The normalized spacial score (nSPS) is 11.3. The van der Waals surface area contributed by atoms with Gasteiger partial charge in [-0.2, -0.15) is 4.98 Å². The fourth-order valence-electron chi connectivity index (χ4n) is 2.08. The summed E-state index contributed by atoms with van der Waals surface area (Å²) in [5, 5.41) is 3.49. The van der Waals surface area contributed by atoms with Crippen LogP contribution in [0.4, 0.5) is 0 Å². The molecule has 0 aliphatic rings. The van der Waals surface area contributed by atoms with Crippen LogP contribution >= 0.6 is 11.5 Å². The standard InChI is InChI=1S/C14H9N3S/c1-2-4-11-9-12(6-5-10(11)3-1)13-16-14-15-7-8-17(14)18-13/h1-9H. The van der Waals surface area contributed by atoms with Crippen molar-refractivity contribution in [1.29, 1.82) is 0 Å². The van der Waals surface area contributed by atoms with Crippen molar-refractivity contribution < 1.29 is 0 Å². The Hall–Kier alpha value is -2.20. The number of rotatable bonds is 1. The second-order valence-electron chi connectivity index (χ2n) is 4.12. The Labute approximate surface area is 108 Å². The zero-order valence-electron chi connectivity index (χ0n) is 9.45. The van der Waals surface area contributed by atoms with Gasteiger partial charge in [-0.15, -0.1) is 0 Å². The lowest BCUT2D eigenvalue weighted by molar-refractivity contribution is 1.27. The van der Waals surface area contributed by atoms with Crippen molar-refractivity contribution in [2.75, 3.05) is 0 Å². The van der Waals surface area contributed by atoms with Gasteiger partial charge in [0.1, 0.15) is 5.01 Å². The van der Waals surface area contributed by atoms with Gasteiger partial charge >= 0.3 is 0 Å². The number of imidazole rings is 1. The highest BCUT2D eigenvalue weighted by Crippen LogP contribution is 2.26. The van der Waals surface area contributed by atoms with Gasteiger partial charge in [0.05, 0.1) is 0 Å². The molecule has 0 fully saturated rings. The number of hydrogen-bond acceptors (Lipinski definition) is 3. The summed E-state index contributed by atoms with van der Waals surface area (Å²) in [5.74, 6) is 0.767. The molecule has 4 aromatic rings. The van der Waals surface area contributed by atoms with Crippen molar-refractivity contribution in [3.05, 3.63) is 54.9 Å². The molecule has 2 aromatic carbocycles. The fourth-order valence-corrected chi connectivity index (χ4v) is 2.90. The summed E-state index contributed by atoms with van der Waals surface area (Å²) in [6.07, 6.45) is 3.69. The molecule has 0 aliphatic heterocycles. The van der Waals surface area contributed by atoms with Crippen LogP contribution in [0.3, 0.4) is 0 Å². The first-order valence-electron chi connectivity index (χ1n) is 5.70. The maximum Gasteiger partial charge on any atom is 0.244 e. The van der Waals surface area contributed by atoms with Crippen LogP contribution in [0.25, 0.3) is 27.1 Å². The molecule has 3 nitrogen and oxygen atoms in total. The van der Waals surface area contributed by atoms with Crippen LogP contribution in [0.5, 0.6) is 0 Å². The smallest absolute Gasteiger partial charge is 0.237 e. The molecular formula is C14H9N3S. The molecule has 18 heavy (non-hydrogen) atoms. The maximum absolute atomic E-state index is 4.52. The van der Waals surface area contributed by atoms with E-state index in [0.29, 0.717) is 0 Å². The largest absolute Gasteiger partial charge is 0.244 e. The second kappa shape index (κ2) is 3.65. The predicted octanol–water partition coefficient (Wildman–Crippen LogP) is 3.61. The van der Waals surface area contributed by atoms with Crippen LogP contribution in [0.15, 0.2) is 54.9 Å². The molecule has 0 saturated carbocycles. The number of fused-ring (bicyclic) bond motifs is 2. The van der Waals surface area contributed by atoms with Crippen LogP contribution < -0.4 is 0 Å². The Morgan fingerprint density at radius 2 is 1.89 bits per heavy atom. The molecule has 0 aliphatic carbocycles. The first-order chi connectivity index (χ1) is 8.90. The van der Waals surface area contributed by atoms with Crippen LogP contribution in [0, 0.1) is 0 Å². The van der Waals surface area contributed by atoms with E-state index in [1.54, 1.807) is 17.7 Å². The zero-order valence-corrected chi connectivity index (χ0v) is 10.3. The Kier molecular flexibility index (Phi) is 1.98. The number of aromatic nitrogens is 3. The fraction of sp³-hybridized carbons (Fsp3) is 0. The van der Waals surface area contributed by atoms with Gasteiger partial charge in [0.25, 0.3) is 0 Å². The maximum atomic E-state index is 4.52. The summed E-state index contributed by atoms with van der Waals surface area (Å²) in [7, 11) is 0. The van der Waals surface area contributed by atoms with E-state index < -0.39 is 0 Å². The highest BCUT2D eigenvalue weighted by atomic mass is 32.1. The summed E-state index contributed by atoms with van der Waals surface area (Å²) in [6, 6.07) is 14.8. The molecule has 4 rings (SSSR count). The highest BCUT2D eigenvalue weighted by Gasteiger charge is 2.07. The van der Waals surface area contributed by atoms with E-state index in [1.165, 1.54) is 10.8 Å². The van der Waals surface area contributed by atoms with E-state index in [-0.39, 0.29) is 0 Å². The van der Waals surface area contributed by atoms with E-state index >= 15 is 0 Å². The monoisotopic (exact) mass is 251 g/mol. The molecule has 0 unspecified atom stereocenters. The minimum absolute atomic E-state index is 0.767. The minimum atomic E-state index is 0.767. The summed E-state index contributed by atoms with van der Waals surface area (Å²) < 4.78 is 1.98. The Balaban J connectivity index is 1.93. The molecular weight excluding hydrogens is 242 g/mol. The summed E-state index contributed by atoms with van der Waals surface area (Å²) >= 11 is 1.61. The van der Waals surface area contributed by atoms with Gasteiger partial charge in [-0.05, 0) is 28.4 Å². The lowest BCUT2D eigenvalue weighted by Crippen LogP contribution is -1.78. The number of hydrogen-bond donors (Lipinski definition) is 0. The first kappa shape index (κ1) is 9.79. The molecule has 86 valence electrons. The van der Waals surface area contributed by atoms with Crippen molar-refractivity contribution >= 4 is 28.1 Å². The van der Waals surface area contributed by atoms with E-state index in [1.807, 2.05) is 9.99 Å². The van der Waals surface area contributed by atoms with Crippen LogP contribution in [-0.4, -0.2) is 13.8 Å².